The van der Waals surface area contributed by atoms with E-state index in [1.54, 1.807) is 11.3 Å². The van der Waals surface area contributed by atoms with E-state index in [0.29, 0.717) is 0 Å². The van der Waals surface area contributed by atoms with E-state index < -0.39 is 0 Å². The molecule has 0 spiro atoms. The quantitative estimate of drug-likeness (QED) is 0.810. The second-order valence-corrected chi connectivity index (χ2v) is 5.20. The molecule has 0 fully saturated rings. The third-order valence-electron chi connectivity index (χ3n) is 2.49. The molecular formula is C12H17N3S. The molecule has 86 valence electrons. The van der Waals surface area contributed by atoms with Crippen molar-refractivity contribution in [3.63, 3.8) is 0 Å². The van der Waals surface area contributed by atoms with Crippen molar-refractivity contribution in [3.8, 4) is 0 Å². The Balaban J connectivity index is 2.13. The third kappa shape index (κ3) is 2.51. The van der Waals surface area contributed by atoms with Crippen molar-refractivity contribution in [2.45, 2.75) is 0 Å². The number of benzene rings is 1. The van der Waals surface area contributed by atoms with Crippen LogP contribution in [0.15, 0.2) is 24.3 Å². The van der Waals surface area contributed by atoms with Crippen molar-refractivity contribution < 1.29 is 0 Å². The molecule has 16 heavy (non-hydrogen) atoms. The molecule has 0 aliphatic carbocycles. The van der Waals surface area contributed by atoms with Gasteiger partial charge in [0.1, 0.15) is 0 Å². The summed E-state index contributed by atoms with van der Waals surface area (Å²) in [6.07, 6.45) is 0. The average Bonchev–Trinajstić information content (AvgIpc) is 2.69. The molecule has 0 saturated heterocycles. The minimum Gasteiger partial charge on any atom is -0.350 e. The highest BCUT2D eigenvalue weighted by Gasteiger charge is 2.07. The Morgan fingerprint density at radius 1 is 1.12 bits per heavy atom. The van der Waals surface area contributed by atoms with Crippen molar-refractivity contribution in [3.05, 3.63) is 24.3 Å². The van der Waals surface area contributed by atoms with E-state index in [1.165, 1.54) is 4.70 Å². The predicted octanol–water partition coefficient (Wildman–Crippen LogP) is 2.29. The molecule has 0 unspecified atom stereocenters. The molecule has 0 atom stereocenters. The van der Waals surface area contributed by atoms with Gasteiger partial charge in [0.2, 0.25) is 0 Å². The topological polar surface area (TPSA) is 19.4 Å². The number of para-hydroxylation sites is 1. The Kier molecular flexibility index (Phi) is 3.41. The van der Waals surface area contributed by atoms with Gasteiger partial charge in [-0.05, 0) is 26.2 Å². The van der Waals surface area contributed by atoms with Crippen LogP contribution in [-0.4, -0.2) is 44.1 Å². The van der Waals surface area contributed by atoms with Gasteiger partial charge in [-0.1, -0.05) is 23.5 Å². The second kappa shape index (κ2) is 4.80. The number of thiazole rings is 1. The zero-order valence-electron chi connectivity index (χ0n) is 9.97. The number of aromatic nitrogens is 1. The van der Waals surface area contributed by atoms with Gasteiger partial charge in [0.25, 0.3) is 0 Å². The Morgan fingerprint density at radius 3 is 2.56 bits per heavy atom. The van der Waals surface area contributed by atoms with E-state index in [0.717, 1.165) is 23.7 Å². The maximum absolute atomic E-state index is 4.62. The summed E-state index contributed by atoms with van der Waals surface area (Å²) >= 11 is 1.75. The summed E-state index contributed by atoms with van der Waals surface area (Å²) in [6.45, 7) is 2.05. The zero-order chi connectivity index (χ0) is 11.5. The van der Waals surface area contributed by atoms with Crippen LogP contribution in [0.1, 0.15) is 0 Å². The van der Waals surface area contributed by atoms with E-state index in [9.17, 15) is 0 Å². The minimum atomic E-state index is 1.01. The molecular weight excluding hydrogens is 218 g/mol. The minimum absolute atomic E-state index is 1.01. The Bertz CT molecular complexity index is 431. The fourth-order valence-corrected chi connectivity index (χ4v) is 2.42. The summed E-state index contributed by atoms with van der Waals surface area (Å²) < 4.78 is 1.26. The van der Waals surface area contributed by atoms with Gasteiger partial charge in [-0.15, -0.1) is 0 Å². The van der Waals surface area contributed by atoms with Crippen LogP contribution in [0.25, 0.3) is 10.2 Å². The van der Waals surface area contributed by atoms with Crippen LogP contribution >= 0.6 is 11.3 Å². The number of hydrogen-bond acceptors (Lipinski definition) is 4. The molecule has 2 aromatic rings. The highest BCUT2D eigenvalue weighted by Crippen LogP contribution is 2.27. The van der Waals surface area contributed by atoms with Gasteiger partial charge >= 0.3 is 0 Å². The van der Waals surface area contributed by atoms with Gasteiger partial charge in [0.15, 0.2) is 5.13 Å². The van der Waals surface area contributed by atoms with Crippen LogP contribution in [0.4, 0.5) is 5.13 Å². The lowest BCUT2D eigenvalue weighted by atomic mass is 10.3. The van der Waals surface area contributed by atoms with Crippen molar-refractivity contribution >= 4 is 26.7 Å². The fourth-order valence-electron chi connectivity index (χ4n) is 1.47. The average molecular weight is 235 g/mol. The number of rotatable bonds is 4. The first-order chi connectivity index (χ1) is 7.66. The van der Waals surface area contributed by atoms with Crippen LogP contribution in [0, 0.1) is 0 Å². The van der Waals surface area contributed by atoms with Crippen molar-refractivity contribution in [1.82, 2.24) is 9.88 Å². The summed E-state index contributed by atoms with van der Waals surface area (Å²) in [6, 6.07) is 8.28. The lowest BCUT2D eigenvalue weighted by Gasteiger charge is -2.18. The molecule has 1 aromatic carbocycles. The first-order valence-electron chi connectivity index (χ1n) is 5.38. The van der Waals surface area contributed by atoms with E-state index >= 15 is 0 Å². The summed E-state index contributed by atoms with van der Waals surface area (Å²) in [4.78, 5) is 9.01. The summed E-state index contributed by atoms with van der Waals surface area (Å²) in [5.74, 6) is 0. The molecule has 0 amide bonds. The van der Waals surface area contributed by atoms with Crippen molar-refractivity contribution in [2.24, 2.45) is 0 Å². The van der Waals surface area contributed by atoms with Crippen LogP contribution in [-0.2, 0) is 0 Å². The van der Waals surface area contributed by atoms with Gasteiger partial charge < -0.3 is 9.80 Å². The van der Waals surface area contributed by atoms with Gasteiger partial charge in [-0.2, -0.15) is 0 Å². The molecule has 0 N–H and O–H groups in total. The van der Waals surface area contributed by atoms with E-state index in [1.807, 2.05) is 6.07 Å². The Hall–Kier alpha value is -1.13. The van der Waals surface area contributed by atoms with Gasteiger partial charge in [-0.25, -0.2) is 4.98 Å². The molecule has 0 aliphatic rings. The van der Waals surface area contributed by atoms with Crippen LogP contribution in [0.2, 0.25) is 0 Å². The normalized spacial score (nSPS) is 11.2. The standard InChI is InChI=1S/C12H17N3S/c1-14(2)8-9-15(3)12-13-10-6-4-5-7-11(10)16-12/h4-7H,8-9H2,1-3H3. The monoisotopic (exact) mass is 235 g/mol. The molecule has 3 nitrogen and oxygen atoms in total. The second-order valence-electron chi connectivity index (χ2n) is 4.19. The van der Waals surface area contributed by atoms with Gasteiger partial charge in [-0.3, -0.25) is 0 Å². The van der Waals surface area contributed by atoms with Crippen LogP contribution in [0.3, 0.4) is 0 Å². The Morgan fingerprint density at radius 2 is 1.88 bits per heavy atom. The van der Waals surface area contributed by atoms with Gasteiger partial charge in [0, 0.05) is 20.1 Å². The summed E-state index contributed by atoms with van der Waals surface area (Å²) in [5, 5.41) is 1.10. The van der Waals surface area contributed by atoms with Crippen LogP contribution in [0.5, 0.6) is 0 Å². The number of fused-ring (bicyclic) bond motifs is 1. The van der Waals surface area contributed by atoms with Crippen LogP contribution < -0.4 is 4.90 Å². The van der Waals surface area contributed by atoms with Crippen molar-refractivity contribution in [2.75, 3.05) is 39.1 Å². The van der Waals surface area contributed by atoms with E-state index in [-0.39, 0.29) is 0 Å². The molecule has 0 saturated carbocycles. The largest absolute Gasteiger partial charge is 0.350 e. The highest BCUT2D eigenvalue weighted by atomic mass is 32.1. The first kappa shape index (κ1) is 11.4. The molecule has 1 aromatic heterocycles. The molecule has 4 heteroatoms. The predicted molar refractivity (Wildman–Crippen MR) is 71.4 cm³/mol. The maximum atomic E-state index is 4.62. The third-order valence-corrected chi connectivity index (χ3v) is 3.64. The van der Waals surface area contributed by atoms with Gasteiger partial charge in [0.05, 0.1) is 10.2 Å². The Labute approximate surface area is 100 Å². The first-order valence-corrected chi connectivity index (χ1v) is 6.20. The van der Waals surface area contributed by atoms with E-state index in [2.05, 4.69) is 54.1 Å². The lowest BCUT2D eigenvalue weighted by molar-refractivity contribution is 0.416. The molecule has 2 rings (SSSR count). The molecule has 0 aliphatic heterocycles. The number of anilines is 1. The summed E-state index contributed by atoms with van der Waals surface area (Å²) in [5.41, 5.74) is 1.10. The molecule has 0 radical (unpaired) electrons. The number of nitrogens with zero attached hydrogens (tertiary/aromatic N) is 3. The summed E-state index contributed by atoms with van der Waals surface area (Å²) in [7, 11) is 6.28. The number of hydrogen-bond donors (Lipinski definition) is 0. The highest BCUT2D eigenvalue weighted by molar-refractivity contribution is 7.22. The zero-order valence-corrected chi connectivity index (χ0v) is 10.8. The van der Waals surface area contributed by atoms with E-state index in [4.69, 9.17) is 0 Å². The van der Waals surface area contributed by atoms with Crippen molar-refractivity contribution in [1.29, 1.82) is 0 Å². The SMILES string of the molecule is CN(C)CCN(C)c1nc2ccccc2s1. The fraction of sp³-hybridized carbons (Fsp3) is 0.417. The maximum Gasteiger partial charge on any atom is 0.186 e. The molecule has 0 bridgehead atoms. The molecule has 1 heterocycles. The number of likely N-dealkylation sites (N-methyl/N-ethyl adjacent to an activating group) is 2. The lowest BCUT2D eigenvalue weighted by Crippen LogP contribution is -2.28. The smallest absolute Gasteiger partial charge is 0.186 e.